The summed E-state index contributed by atoms with van der Waals surface area (Å²) in [7, 11) is 0. The molecular formula is C17H20N2O5. The minimum atomic E-state index is -0.866. The summed E-state index contributed by atoms with van der Waals surface area (Å²) < 4.78 is 5.36. The number of hydrogen-bond acceptors (Lipinski definition) is 4. The Hall–Kier alpha value is -2.57. The minimum Gasteiger partial charge on any atom is -0.482 e. The molecule has 1 aromatic carbocycles. The van der Waals surface area contributed by atoms with Crippen LogP contribution in [0.1, 0.15) is 25.7 Å². The lowest BCUT2D eigenvalue weighted by molar-refractivity contribution is -0.142. The molecule has 0 spiro atoms. The Morgan fingerprint density at radius 2 is 2.08 bits per heavy atom. The number of carboxylic acids is 1. The molecule has 0 unspecified atom stereocenters. The zero-order valence-corrected chi connectivity index (χ0v) is 13.2. The SMILES string of the molecule is O=C(CCN1C(=O)COc2ccccc21)N[C@H]1CCC[C@H]1C(=O)O. The van der Waals surface area contributed by atoms with E-state index in [0.29, 0.717) is 24.3 Å². The van der Waals surface area contributed by atoms with Crippen LogP contribution in [0.2, 0.25) is 0 Å². The van der Waals surface area contributed by atoms with Gasteiger partial charge in [-0.15, -0.1) is 0 Å². The van der Waals surface area contributed by atoms with Crippen molar-refractivity contribution in [2.75, 3.05) is 18.1 Å². The molecule has 3 rings (SSSR count). The van der Waals surface area contributed by atoms with Crippen LogP contribution in [0.3, 0.4) is 0 Å². The predicted molar refractivity (Wildman–Crippen MR) is 85.8 cm³/mol. The fourth-order valence-corrected chi connectivity index (χ4v) is 3.32. The smallest absolute Gasteiger partial charge is 0.308 e. The highest BCUT2D eigenvalue weighted by Gasteiger charge is 2.34. The van der Waals surface area contributed by atoms with Gasteiger partial charge < -0.3 is 20.1 Å². The third-order valence-electron chi connectivity index (χ3n) is 4.55. The Balaban J connectivity index is 1.58. The van der Waals surface area contributed by atoms with Crippen LogP contribution in [0.4, 0.5) is 5.69 Å². The van der Waals surface area contributed by atoms with E-state index in [1.165, 1.54) is 0 Å². The van der Waals surface area contributed by atoms with Crippen LogP contribution in [-0.4, -0.2) is 42.1 Å². The second-order valence-corrected chi connectivity index (χ2v) is 6.10. The molecule has 2 N–H and O–H groups in total. The molecule has 7 nitrogen and oxygen atoms in total. The van der Waals surface area contributed by atoms with Gasteiger partial charge in [-0.3, -0.25) is 14.4 Å². The standard InChI is InChI=1S/C17H20N2O5/c20-15(18-12-5-3-4-11(12)17(22)23)8-9-19-13-6-1-2-7-14(13)24-10-16(19)21/h1-2,6-7,11-12H,3-5,8-10H2,(H,18,20)(H,22,23)/t11-,12+/m1/s1. The monoisotopic (exact) mass is 332 g/mol. The molecule has 1 aliphatic heterocycles. The number of ether oxygens (including phenoxy) is 1. The second-order valence-electron chi connectivity index (χ2n) is 6.10. The second kappa shape index (κ2) is 6.90. The van der Waals surface area contributed by atoms with Crippen molar-refractivity contribution < 1.29 is 24.2 Å². The average molecular weight is 332 g/mol. The van der Waals surface area contributed by atoms with Gasteiger partial charge in [0.1, 0.15) is 5.75 Å². The van der Waals surface area contributed by atoms with E-state index < -0.39 is 11.9 Å². The van der Waals surface area contributed by atoms with Crippen molar-refractivity contribution in [2.24, 2.45) is 5.92 Å². The van der Waals surface area contributed by atoms with Crippen molar-refractivity contribution in [3.8, 4) is 5.75 Å². The van der Waals surface area contributed by atoms with Crippen molar-refractivity contribution in [1.29, 1.82) is 0 Å². The number of para-hydroxylation sites is 2. The first-order chi connectivity index (χ1) is 11.6. The number of fused-ring (bicyclic) bond motifs is 1. The molecule has 1 fully saturated rings. The molecule has 7 heteroatoms. The number of hydrogen-bond donors (Lipinski definition) is 2. The van der Waals surface area contributed by atoms with E-state index in [2.05, 4.69) is 5.32 Å². The van der Waals surface area contributed by atoms with Crippen molar-refractivity contribution in [3.05, 3.63) is 24.3 Å². The first-order valence-corrected chi connectivity index (χ1v) is 8.10. The molecule has 0 saturated heterocycles. The summed E-state index contributed by atoms with van der Waals surface area (Å²) in [4.78, 5) is 36.9. The predicted octanol–water partition coefficient (Wildman–Crippen LogP) is 1.17. The molecule has 1 heterocycles. The van der Waals surface area contributed by atoms with Crippen molar-refractivity contribution in [1.82, 2.24) is 5.32 Å². The summed E-state index contributed by atoms with van der Waals surface area (Å²) in [6.45, 7) is 0.206. The van der Waals surface area contributed by atoms with Crippen molar-refractivity contribution in [2.45, 2.75) is 31.7 Å². The zero-order valence-electron chi connectivity index (χ0n) is 13.2. The Kier molecular flexibility index (Phi) is 4.69. The van der Waals surface area contributed by atoms with Crippen LogP contribution in [0.5, 0.6) is 5.75 Å². The van der Waals surface area contributed by atoms with Gasteiger partial charge in [0, 0.05) is 19.0 Å². The molecule has 1 aromatic rings. The van der Waals surface area contributed by atoms with Gasteiger partial charge in [0.15, 0.2) is 6.61 Å². The van der Waals surface area contributed by atoms with E-state index in [-0.39, 0.29) is 37.4 Å². The number of benzene rings is 1. The molecule has 1 saturated carbocycles. The lowest BCUT2D eigenvalue weighted by atomic mass is 10.0. The minimum absolute atomic E-state index is 0.0393. The van der Waals surface area contributed by atoms with Crippen LogP contribution in [0, 0.1) is 5.92 Å². The quantitative estimate of drug-likeness (QED) is 0.844. The number of anilines is 1. The summed E-state index contributed by atoms with van der Waals surface area (Å²) in [6.07, 6.45) is 2.21. The lowest BCUT2D eigenvalue weighted by Gasteiger charge is -2.29. The van der Waals surface area contributed by atoms with E-state index in [1.807, 2.05) is 12.1 Å². The Morgan fingerprint density at radius 3 is 2.88 bits per heavy atom. The Bertz CT molecular complexity index is 660. The van der Waals surface area contributed by atoms with Gasteiger partial charge >= 0.3 is 5.97 Å². The summed E-state index contributed by atoms with van der Waals surface area (Å²) in [5.74, 6) is -1.18. The van der Waals surface area contributed by atoms with Gasteiger partial charge in [0.2, 0.25) is 5.91 Å². The zero-order chi connectivity index (χ0) is 17.1. The Morgan fingerprint density at radius 1 is 1.29 bits per heavy atom. The topological polar surface area (TPSA) is 95.9 Å². The maximum absolute atomic E-state index is 12.2. The summed E-state index contributed by atoms with van der Waals surface area (Å²) >= 11 is 0. The maximum Gasteiger partial charge on any atom is 0.308 e. The van der Waals surface area contributed by atoms with E-state index in [4.69, 9.17) is 9.84 Å². The average Bonchev–Trinajstić information content (AvgIpc) is 3.02. The number of aliphatic carboxylic acids is 1. The lowest BCUT2D eigenvalue weighted by Crippen LogP contribution is -2.44. The van der Waals surface area contributed by atoms with Crippen molar-refractivity contribution >= 4 is 23.5 Å². The van der Waals surface area contributed by atoms with Crippen molar-refractivity contribution in [3.63, 3.8) is 0 Å². The number of rotatable bonds is 5. The summed E-state index contributed by atoms with van der Waals surface area (Å²) in [6, 6.07) is 6.88. The fraction of sp³-hybridized carbons (Fsp3) is 0.471. The van der Waals surface area contributed by atoms with Gasteiger partial charge in [0.05, 0.1) is 11.6 Å². The Labute approximate surface area is 139 Å². The molecule has 2 atom stereocenters. The number of nitrogens with zero attached hydrogens (tertiary/aromatic N) is 1. The molecule has 0 radical (unpaired) electrons. The molecule has 24 heavy (non-hydrogen) atoms. The molecule has 0 aromatic heterocycles. The van der Waals surface area contributed by atoms with Crippen LogP contribution in [-0.2, 0) is 14.4 Å². The van der Waals surface area contributed by atoms with Crippen LogP contribution in [0.25, 0.3) is 0 Å². The highest BCUT2D eigenvalue weighted by atomic mass is 16.5. The molecule has 2 amide bonds. The summed E-state index contributed by atoms with van der Waals surface area (Å²) in [5.41, 5.74) is 0.658. The van der Waals surface area contributed by atoms with E-state index >= 15 is 0 Å². The third kappa shape index (κ3) is 3.34. The number of nitrogens with one attached hydrogen (secondary N) is 1. The summed E-state index contributed by atoms with van der Waals surface area (Å²) in [5, 5.41) is 12.0. The molecular weight excluding hydrogens is 312 g/mol. The van der Waals surface area contributed by atoms with Gasteiger partial charge in [-0.05, 0) is 25.0 Å². The highest BCUT2D eigenvalue weighted by molar-refractivity contribution is 5.98. The number of carbonyl (C=O) groups is 3. The van der Waals surface area contributed by atoms with Crippen LogP contribution >= 0.6 is 0 Å². The number of carboxylic acid groups (broad SMARTS) is 1. The van der Waals surface area contributed by atoms with E-state index in [9.17, 15) is 14.4 Å². The first-order valence-electron chi connectivity index (χ1n) is 8.10. The van der Waals surface area contributed by atoms with Crippen LogP contribution < -0.4 is 15.0 Å². The first kappa shape index (κ1) is 16.3. The van der Waals surface area contributed by atoms with E-state index in [0.717, 1.165) is 6.42 Å². The molecule has 0 bridgehead atoms. The van der Waals surface area contributed by atoms with Crippen LogP contribution in [0.15, 0.2) is 24.3 Å². The third-order valence-corrected chi connectivity index (χ3v) is 4.55. The molecule has 1 aliphatic carbocycles. The van der Waals surface area contributed by atoms with Gasteiger partial charge in [-0.2, -0.15) is 0 Å². The fourth-order valence-electron chi connectivity index (χ4n) is 3.32. The number of amides is 2. The highest BCUT2D eigenvalue weighted by Crippen LogP contribution is 2.31. The molecule has 2 aliphatic rings. The van der Waals surface area contributed by atoms with Gasteiger partial charge in [-0.1, -0.05) is 18.6 Å². The van der Waals surface area contributed by atoms with Gasteiger partial charge in [-0.25, -0.2) is 0 Å². The van der Waals surface area contributed by atoms with E-state index in [1.54, 1.807) is 17.0 Å². The normalized spacial score (nSPS) is 22.7. The number of carbonyl (C=O) groups excluding carboxylic acids is 2. The van der Waals surface area contributed by atoms with Gasteiger partial charge in [0.25, 0.3) is 5.91 Å². The molecule has 128 valence electrons. The largest absolute Gasteiger partial charge is 0.482 e. The maximum atomic E-state index is 12.2.